The second kappa shape index (κ2) is 9.75. The van der Waals surface area contributed by atoms with Crippen LogP contribution in [-0.2, 0) is 26.3 Å². The van der Waals surface area contributed by atoms with E-state index in [4.69, 9.17) is 19.9 Å². The average molecular weight is 421 g/mol. The van der Waals surface area contributed by atoms with Gasteiger partial charge in [0.25, 0.3) is 5.72 Å². The lowest BCUT2D eigenvalue weighted by Crippen LogP contribution is -2.65. The molecule has 0 saturated heterocycles. The van der Waals surface area contributed by atoms with Gasteiger partial charge in [-0.25, -0.2) is 4.79 Å². The van der Waals surface area contributed by atoms with Gasteiger partial charge < -0.3 is 19.3 Å². The largest absolute Gasteiger partial charge is 0.497 e. The zero-order valence-electron chi connectivity index (χ0n) is 17.7. The van der Waals surface area contributed by atoms with Crippen LogP contribution in [-0.4, -0.2) is 37.6 Å². The summed E-state index contributed by atoms with van der Waals surface area (Å²) in [6.45, 7) is 0.0366. The molecule has 0 aromatic heterocycles. The summed E-state index contributed by atoms with van der Waals surface area (Å²) in [5.41, 5.74) is 4.10. The molecule has 1 atom stereocenters. The number of carbonyl (C=O) groups is 1. The van der Waals surface area contributed by atoms with Crippen molar-refractivity contribution in [1.82, 2.24) is 0 Å². The Labute approximate surface area is 182 Å². The van der Waals surface area contributed by atoms with Crippen LogP contribution in [0.4, 0.5) is 0 Å². The first-order chi connectivity index (χ1) is 15.0. The molecule has 0 amide bonds. The highest BCUT2D eigenvalue weighted by molar-refractivity contribution is 5.82. The summed E-state index contributed by atoms with van der Waals surface area (Å²) in [5, 5.41) is 11.3. The molecule has 0 aliphatic carbocycles. The molecule has 31 heavy (non-hydrogen) atoms. The average Bonchev–Trinajstić information content (AvgIpc) is 2.81. The maximum Gasteiger partial charge on any atom is 0.357 e. The first-order valence-electron chi connectivity index (χ1n) is 9.93. The van der Waals surface area contributed by atoms with Crippen molar-refractivity contribution < 1.29 is 24.1 Å². The van der Waals surface area contributed by atoms with Gasteiger partial charge in [-0.3, -0.25) is 5.73 Å². The Morgan fingerprint density at radius 3 is 2.00 bits per heavy atom. The van der Waals surface area contributed by atoms with Gasteiger partial charge in [-0.1, -0.05) is 72.8 Å². The van der Waals surface area contributed by atoms with Crippen LogP contribution in [0.3, 0.4) is 0 Å². The van der Waals surface area contributed by atoms with Crippen molar-refractivity contribution in [1.29, 1.82) is 0 Å². The fourth-order valence-electron chi connectivity index (χ4n) is 3.69. The second-order valence-electron chi connectivity index (χ2n) is 7.12. The lowest BCUT2D eigenvalue weighted by molar-refractivity contribution is -0.197. The summed E-state index contributed by atoms with van der Waals surface area (Å²) >= 11 is 0. The van der Waals surface area contributed by atoms with E-state index in [1.165, 1.54) is 7.11 Å². The van der Waals surface area contributed by atoms with Gasteiger partial charge in [-0.15, -0.1) is 0 Å². The van der Waals surface area contributed by atoms with Crippen LogP contribution in [0.2, 0.25) is 0 Å². The van der Waals surface area contributed by atoms with E-state index < -0.39 is 17.3 Å². The number of nitrogens with two attached hydrogens (primary N) is 1. The number of ether oxygens (including phenoxy) is 3. The molecule has 0 bridgehead atoms. The van der Waals surface area contributed by atoms with Crippen LogP contribution >= 0.6 is 0 Å². The van der Waals surface area contributed by atoms with E-state index in [1.54, 1.807) is 55.6 Å². The van der Waals surface area contributed by atoms with Crippen molar-refractivity contribution in [3.63, 3.8) is 0 Å². The third-order valence-corrected chi connectivity index (χ3v) is 5.27. The molecule has 6 heteroatoms. The minimum atomic E-state index is -2.49. The lowest BCUT2D eigenvalue weighted by atomic mass is 9.77. The highest BCUT2D eigenvalue weighted by Gasteiger charge is 2.57. The van der Waals surface area contributed by atoms with E-state index in [9.17, 15) is 9.90 Å². The van der Waals surface area contributed by atoms with Crippen molar-refractivity contribution in [2.45, 2.75) is 17.7 Å². The monoisotopic (exact) mass is 421 g/mol. The minimum absolute atomic E-state index is 0.0366. The highest BCUT2D eigenvalue weighted by Crippen LogP contribution is 2.41. The SMILES string of the molecule is COc1cccc(CCOC(=O)[C@@](N)(O)C(OC)(c2ccccc2)c2ccccc2)c1. The topological polar surface area (TPSA) is 91.0 Å². The van der Waals surface area contributed by atoms with Crippen LogP contribution in [0.5, 0.6) is 5.75 Å². The second-order valence-corrected chi connectivity index (χ2v) is 7.12. The third-order valence-electron chi connectivity index (χ3n) is 5.27. The van der Waals surface area contributed by atoms with Crippen LogP contribution < -0.4 is 10.5 Å². The lowest BCUT2D eigenvalue weighted by Gasteiger charge is -2.42. The van der Waals surface area contributed by atoms with E-state index in [0.717, 1.165) is 5.56 Å². The van der Waals surface area contributed by atoms with Crippen LogP contribution in [0, 0.1) is 0 Å². The Balaban J connectivity index is 1.88. The standard InChI is InChI=1S/C25H27NO5/c1-29-22-15-9-10-19(18-22)16-17-31-23(27)25(26,28)24(30-2,20-11-5-3-6-12-20)21-13-7-4-8-14-21/h3-15,18,28H,16-17,26H2,1-2H3/t25-/m1/s1. The zero-order valence-corrected chi connectivity index (χ0v) is 17.7. The van der Waals surface area contributed by atoms with Gasteiger partial charge in [-0.2, -0.15) is 0 Å². The molecule has 3 rings (SSSR count). The summed E-state index contributed by atoms with van der Waals surface area (Å²) in [4.78, 5) is 13.0. The molecule has 3 aromatic rings. The van der Waals surface area contributed by atoms with Gasteiger partial charge in [0.2, 0.25) is 0 Å². The molecule has 0 saturated carbocycles. The molecule has 0 heterocycles. The van der Waals surface area contributed by atoms with Crippen LogP contribution in [0.15, 0.2) is 84.9 Å². The van der Waals surface area contributed by atoms with Crippen LogP contribution in [0.25, 0.3) is 0 Å². The molecule has 0 aliphatic rings. The molecule has 162 valence electrons. The van der Waals surface area contributed by atoms with Gasteiger partial charge >= 0.3 is 5.97 Å². The first-order valence-corrected chi connectivity index (χ1v) is 9.93. The number of esters is 1. The van der Waals surface area contributed by atoms with E-state index >= 15 is 0 Å². The van der Waals surface area contributed by atoms with Gasteiger partial charge in [0.1, 0.15) is 5.75 Å². The van der Waals surface area contributed by atoms with Crippen molar-refractivity contribution in [2.24, 2.45) is 5.73 Å². The highest BCUT2D eigenvalue weighted by atomic mass is 16.6. The van der Waals surface area contributed by atoms with Crippen molar-refractivity contribution in [3.8, 4) is 5.75 Å². The number of hydrogen-bond acceptors (Lipinski definition) is 6. The summed E-state index contributed by atoms with van der Waals surface area (Å²) < 4.78 is 16.4. The predicted molar refractivity (Wildman–Crippen MR) is 117 cm³/mol. The molecule has 6 nitrogen and oxygen atoms in total. The molecule has 0 fully saturated rings. The Bertz CT molecular complexity index is 950. The number of benzene rings is 3. The van der Waals surface area contributed by atoms with Crippen molar-refractivity contribution in [2.75, 3.05) is 20.8 Å². The fraction of sp³-hybridized carbons (Fsp3) is 0.240. The van der Waals surface area contributed by atoms with Crippen molar-refractivity contribution in [3.05, 3.63) is 102 Å². The summed E-state index contributed by atoms with van der Waals surface area (Å²) in [6, 6.07) is 25.3. The molecule has 3 aromatic carbocycles. The molecule has 0 radical (unpaired) electrons. The number of aliphatic hydroxyl groups is 1. The van der Waals surface area contributed by atoms with E-state index in [-0.39, 0.29) is 6.61 Å². The minimum Gasteiger partial charge on any atom is -0.497 e. The van der Waals surface area contributed by atoms with Gasteiger partial charge in [0.15, 0.2) is 5.60 Å². The van der Waals surface area contributed by atoms with Gasteiger partial charge in [0, 0.05) is 13.5 Å². The van der Waals surface area contributed by atoms with Crippen molar-refractivity contribution >= 4 is 5.97 Å². The van der Waals surface area contributed by atoms with E-state index in [1.807, 2.05) is 36.4 Å². The zero-order chi connectivity index (χ0) is 22.3. The Kier molecular flexibility index (Phi) is 7.07. The molecule has 0 spiro atoms. The Morgan fingerprint density at radius 2 is 1.48 bits per heavy atom. The summed E-state index contributed by atoms with van der Waals surface area (Å²) in [5.74, 6) is -0.268. The number of methoxy groups -OCH3 is 2. The summed E-state index contributed by atoms with van der Waals surface area (Å²) in [6.07, 6.45) is 0.440. The molecule has 0 aliphatic heterocycles. The maximum absolute atomic E-state index is 13.0. The van der Waals surface area contributed by atoms with Gasteiger partial charge in [0.05, 0.1) is 13.7 Å². The van der Waals surface area contributed by atoms with Gasteiger partial charge in [-0.05, 0) is 28.8 Å². The van der Waals surface area contributed by atoms with Crippen LogP contribution in [0.1, 0.15) is 16.7 Å². The quantitative estimate of drug-likeness (QED) is 0.408. The normalized spacial score (nSPS) is 13.3. The van der Waals surface area contributed by atoms with E-state index in [2.05, 4.69) is 0 Å². The molecule has 0 unspecified atom stereocenters. The molecular weight excluding hydrogens is 394 g/mol. The first kappa shape index (κ1) is 22.5. The Morgan fingerprint density at radius 1 is 0.903 bits per heavy atom. The summed E-state index contributed by atoms with van der Waals surface area (Å²) in [7, 11) is 2.99. The molecule has 3 N–H and O–H groups in total. The smallest absolute Gasteiger partial charge is 0.357 e. The molecular formula is C25H27NO5. The number of rotatable bonds is 9. The maximum atomic E-state index is 13.0. The third kappa shape index (κ3) is 4.46. The van der Waals surface area contributed by atoms with E-state index in [0.29, 0.717) is 23.3 Å². The Hall–Kier alpha value is -3.19. The fourth-order valence-corrected chi connectivity index (χ4v) is 3.69. The number of hydrogen-bond donors (Lipinski definition) is 2. The predicted octanol–water partition coefficient (Wildman–Crippen LogP) is 3.02. The number of carbonyl (C=O) groups excluding carboxylic acids is 1.